The van der Waals surface area contributed by atoms with Gasteiger partial charge in [0.25, 0.3) is 0 Å². The molecule has 20 heavy (non-hydrogen) atoms. The first-order chi connectivity index (χ1) is 9.41. The van der Waals surface area contributed by atoms with Gasteiger partial charge in [-0.05, 0) is 17.7 Å². The lowest BCUT2D eigenvalue weighted by atomic mass is 10.1. The monoisotopic (exact) mass is 304 g/mol. The minimum atomic E-state index is -4.37. The van der Waals surface area contributed by atoms with Crippen LogP contribution >= 0.6 is 11.6 Å². The molecule has 0 saturated heterocycles. The van der Waals surface area contributed by atoms with Crippen molar-refractivity contribution < 1.29 is 18.3 Å². The third-order valence-electron chi connectivity index (χ3n) is 2.81. The predicted octanol–water partition coefficient (Wildman–Crippen LogP) is 3.14. The molecule has 1 aromatic heterocycles. The Kier molecular flexibility index (Phi) is 4.35. The van der Waals surface area contributed by atoms with Gasteiger partial charge in [-0.25, -0.2) is 4.68 Å². The van der Waals surface area contributed by atoms with Crippen molar-refractivity contribution in [1.29, 1.82) is 0 Å². The number of aliphatic hydroxyl groups is 1. The van der Waals surface area contributed by atoms with E-state index in [2.05, 4.69) is 5.10 Å². The summed E-state index contributed by atoms with van der Waals surface area (Å²) in [7, 11) is 0. The summed E-state index contributed by atoms with van der Waals surface area (Å²) in [6.07, 6.45) is -2.50. The van der Waals surface area contributed by atoms with E-state index in [1.807, 2.05) is 0 Å². The molecule has 1 heterocycles. The minimum absolute atomic E-state index is 0.0605. The summed E-state index contributed by atoms with van der Waals surface area (Å²) in [5.41, 5.74) is 0.426. The number of alkyl halides is 3. The highest BCUT2D eigenvalue weighted by Gasteiger charge is 2.30. The lowest BCUT2D eigenvalue weighted by Crippen LogP contribution is -2.07. The number of nitrogens with zero attached hydrogens (tertiary/aromatic N) is 2. The molecule has 1 aromatic carbocycles. The second-order valence-corrected chi connectivity index (χ2v) is 4.65. The lowest BCUT2D eigenvalue weighted by molar-refractivity contribution is -0.137. The fraction of sp³-hybridized carbons (Fsp3) is 0.308. The molecule has 0 radical (unpaired) electrons. The largest absolute Gasteiger partial charge is 0.416 e. The topological polar surface area (TPSA) is 38.1 Å². The number of hydrogen-bond donors (Lipinski definition) is 1. The Morgan fingerprint density at radius 3 is 2.70 bits per heavy atom. The molecule has 0 aliphatic carbocycles. The summed E-state index contributed by atoms with van der Waals surface area (Å²) in [4.78, 5) is 0. The van der Waals surface area contributed by atoms with E-state index >= 15 is 0 Å². The molecule has 0 aliphatic rings. The van der Waals surface area contributed by atoms with Gasteiger partial charge in [-0.2, -0.15) is 18.3 Å². The number of benzene rings is 1. The number of rotatable bonds is 4. The van der Waals surface area contributed by atoms with Crippen LogP contribution in [0.4, 0.5) is 13.2 Å². The molecule has 0 unspecified atom stereocenters. The van der Waals surface area contributed by atoms with E-state index in [0.29, 0.717) is 22.7 Å². The van der Waals surface area contributed by atoms with Crippen molar-refractivity contribution in [2.24, 2.45) is 0 Å². The summed E-state index contributed by atoms with van der Waals surface area (Å²) in [6.45, 7) is 0.0865. The fourth-order valence-electron chi connectivity index (χ4n) is 1.83. The number of halogens is 4. The maximum Gasteiger partial charge on any atom is 0.416 e. The highest BCUT2D eigenvalue weighted by Crippen LogP contribution is 2.29. The van der Waals surface area contributed by atoms with Crippen molar-refractivity contribution in [2.75, 3.05) is 6.61 Å². The molecule has 0 spiro atoms. The summed E-state index contributed by atoms with van der Waals surface area (Å²) in [6, 6.07) is 5.03. The molecule has 0 amide bonds. The van der Waals surface area contributed by atoms with Gasteiger partial charge in [0.2, 0.25) is 0 Å². The Balaban J connectivity index is 2.22. The molecule has 2 rings (SSSR count). The van der Waals surface area contributed by atoms with Crippen LogP contribution in [-0.4, -0.2) is 21.5 Å². The fourth-order valence-corrected chi connectivity index (χ4v) is 2.07. The van der Waals surface area contributed by atoms with Crippen molar-refractivity contribution in [2.45, 2.75) is 19.1 Å². The van der Waals surface area contributed by atoms with Crippen molar-refractivity contribution in [3.63, 3.8) is 0 Å². The summed E-state index contributed by atoms with van der Waals surface area (Å²) < 4.78 is 39.2. The first-order valence-electron chi connectivity index (χ1n) is 5.89. The maximum atomic E-state index is 12.6. The van der Waals surface area contributed by atoms with Crippen LogP contribution in [-0.2, 0) is 19.1 Å². The standard InChI is InChI=1S/C13H12ClF3N2O/c14-12-10(4-5-20)7-18-19(12)8-9-2-1-3-11(6-9)13(15,16)17/h1-3,6-7,20H,4-5,8H2. The number of hydrogen-bond acceptors (Lipinski definition) is 2. The van der Waals surface area contributed by atoms with Gasteiger partial charge < -0.3 is 5.11 Å². The average Bonchev–Trinajstić information content (AvgIpc) is 2.72. The molecule has 0 atom stereocenters. The molecule has 7 heteroatoms. The molecular weight excluding hydrogens is 293 g/mol. The van der Waals surface area contributed by atoms with Gasteiger partial charge in [-0.1, -0.05) is 23.7 Å². The summed E-state index contributed by atoms with van der Waals surface area (Å²) in [5, 5.41) is 13.2. The molecule has 0 saturated carbocycles. The highest BCUT2D eigenvalue weighted by atomic mass is 35.5. The Bertz CT molecular complexity index is 596. The van der Waals surface area contributed by atoms with E-state index in [0.717, 1.165) is 12.1 Å². The normalized spacial score (nSPS) is 11.8. The Hall–Kier alpha value is -1.53. The molecule has 3 nitrogen and oxygen atoms in total. The summed E-state index contributed by atoms with van der Waals surface area (Å²) >= 11 is 6.05. The van der Waals surface area contributed by atoms with Crippen LogP contribution in [0.5, 0.6) is 0 Å². The van der Waals surface area contributed by atoms with E-state index in [1.54, 1.807) is 6.07 Å². The number of aliphatic hydroxyl groups excluding tert-OH is 1. The van der Waals surface area contributed by atoms with Crippen LogP contribution < -0.4 is 0 Å². The van der Waals surface area contributed by atoms with Crippen molar-refractivity contribution in [1.82, 2.24) is 9.78 Å². The molecule has 0 aliphatic heterocycles. The van der Waals surface area contributed by atoms with Crippen LogP contribution in [0.3, 0.4) is 0 Å². The average molecular weight is 305 g/mol. The zero-order chi connectivity index (χ0) is 14.8. The third kappa shape index (κ3) is 3.32. The predicted molar refractivity (Wildman–Crippen MR) is 68.6 cm³/mol. The van der Waals surface area contributed by atoms with Gasteiger partial charge in [-0.3, -0.25) is 0 Å². The van der Waals surface area contributed by atoms with E-state index < -0.39 is 11.7 Å². The number of aromatic nitrogens is 2. The first kappa shape index (κ1) is 14.9. The van der Waals surface area contributed by atoms with Gasteiger partial charge in [0, 0.05) is 18.6 Å². The SMILES string of the molecule is OCCc1cnn(Cc2cccc(C(F)(F)F)c2)c1Cl. The van der Waals surface area contributed by atoms with Crippen LogP contribution in [0.1, 0.15) is 16.7 Å². The second-order valence-electron chi connectivity index (χ2n) is 4.29. The minimum Gasteiger partial charge on any atom is -0.396 e. The molecule has 0 fully saturated rings. The maximum absolute atomic E-state index is 12.6. The lowest BCUT2D eigenvalue weighted by Gasteiger charge is -2.09. The van der Waals surface area contributed by atoms with E-state index in [9.17, 15) is 13.2 Å². The summed E-state index contributed by atoms with van der Waals surface area (Å²) in [5.74, 6) is 0. The zero-order valence-corrected chi connectivity index (χ0v) is 11.1. The van der Waals surface area contributed by atoms with Crippen LogP contribution in [0.15, 0.2) is 30.5 Å². The third-order valence-corrected chi connectivity index (χ3v) is 3.25. The molecule has 108 valence electrons. The first-order valence-corrected chi connectivity index (χ1v) is 6.27. The highest BCUT2D eigenvalue weighted by molar-refractivity contribution is 6.30. The molecule has 0 bridgehead atoms. The van der Waals surface area contributed by atoms with Gasteiger partial charge >= 0.3 is 6.18 Å². The van der Waals surface area contributed by atoms with Gasteiger partial charge in [0.1, 0.15) is 5.15 Å². The van der Waals surface area contributed by atoms with Crippen LogP contribution in [0.25, 0.3) is 0 Å². The quantitative estimate of drug-likeness (QED) is 0.942. The van der Waals surface area contributed by atoms with E-state index in [-0.39, 0.29) is 13.2 Å². The van der Waals surface area contributed by atoms with Gasteiger partial charge in [0.15, 0.2) is 0 Å². The van der Waals surface area contributed by atoms with Crippen molar-refractivity contribution in [3.8, 4) is 0 Å². The smallest absolute Gasteiger partial charge is 0.396 e. The van der Waals surface area contributed by atoms with Crippen molar-refractivity contribution >= 4 is 11.6 Å². The van der Waals surface area contributed by atoms with Crippen molar-refractivity contribution in [3.05, 3.63) is 52.3 Å². The van der Waals surface area contributed by atoms with Gasteiger partial charge in [0.05, 0.1) is 18.3 Å². The van der Waals surface area contributed by atoms with Crippen LogP contribution in [0.2, 0.25) is 5.15 Å². The molecular formula is C13H12ClF3N2O. The second kappa shape index (κ2) is 5.85. The van der Waals surface area contributed by atoms with E-state index in [1.165, 1.54) is 16.9 Å². The van der Waals surface area contributed by atoms with Crippen LogP contribution in [0, 0.1) is 0 Å². The molecule has 1 N–H and O–H groups in total. The molecule has 2 aromatic rings. The van der Waals surface area contributed by atoms with Gasteiger partial charge in [-0.15, -0.1) is 0 Å². The Morgan fingerprint density at radius 2 is 2.05 bits per heavy atom. The zero-order valence-electron chi connectivity index (χ0n) is 10.4. The Morgan fingerprint density at radius 1 is 1.30 bits per heavy atom. The van der Waals surface area contributed by atoms with E-state index in [4.69, 9.17) is 16.7 Å². The Labute approximate surface area is 118 Å².